The average molecular weight is 318 g/mol. The van der Waals surface area contributed by atoms with E-state index < -0.39 is 17.2 Å². The van der Waals surface area contributed by atoms with Gasteiger partial charge < -0.3 is 4.90 Å². The van der Waals surface area contributed by atoms with Gasteiger partial charge in [0, 0.05) is 6.54 Å². The Morgan fingerprint density at radius 1 is 1.09 bits per heavy atom. The Kier molecular flexibility index (Phi) is 3.94. The third kappa shape index (κ3) is 2.62. The van der Waals surface area contributed by atoms with Crippen molar-refractivity contribution in [2.24, 2.45) is 0 Å². The van der Waals surface area contributed by atoms with Crippen LogP contribution < -0.4 is 0 Å². The van der Waals surface area contributed by atoms with Gasteiger partial charge in [-0.2, -0.15) is 0 Å². The number of hydrogen-bond acceptors (Lipinski definition) is 2. The molecule has 0 spiro atoms. The van der Waals surface area contributed by atoms with Crippen molar-refractivity contribution in [1.29, 1.82) is 0 Å². The quantitative estimate of drug-likeness (QED) is 0.630. The summed E-state index contributed by atoms with van der Waals surface area (Å²) in [5.74, 6) is -1.08. The second kappa shape index (κ2) is 5.89. The second-order valence-corrected chi connectivity index (χ2v) is 5.52. The van der Waals surface area contributed by atoms with Crippen LogP contribution >= 0.6 is 11.6 Å². The predicted octanol–water partition coefficient (Wildman–Crippen LogP) is 3.07. The molecule has 0 saturated carbocycles. The van der Waals surface area contributed by atoms with E-state index >= 15 is 0 Å². The molecule has 0 radical (unpaired) electrons. The number of nitrogens with zero attached hydrogens (tertiary/aromatic N) is 1. The van der Waals surface area contributed by atoms with Crippen LogP contribution in [-0.4, -0.2) is 22.6 Å². The van der Waals surface area contributed by atoms with Gasteiger partial charge >= 0.3 is 11.1 Å². The van der Waals surface area contributed by atoms with Gasteiger partial charge in [0.05, 0.1) is 6.04 Å². The first kappa shape index (κ1) is 14.7. The summed E-state index contributed by atoms with van der Waals surface area (Å²) in [5.41, 5.74) is 2.80. The fourth-order valence-corrected chi connectivity index (χ4v) is 3.01. The first-order chi connectivity index (χ1) is 10.6. The molecule has 1 atom stereocenters. The van der Waals surface area contributed by atoms with E-state index in [0.29, 0.717) is 13.0 Å². The van der Waals surface area contributed by atoms with Gasteiger partial charge in [-0.05, 0) is 46.8 Å². The molecule has 2 aromatic carbocycles. The number of hydrogen-bond donors (Lipinski definition) is 0. The lowest BCUT2D eigenvalue weighted by Gasteiger charge is -2.37. The van der Waals surface area contributed by atoms with E-state index in [-0.39, 0.29) is 5.82 Å². The van der Waals surface area contributed by atoms with Gasteiger partial charge in [0.25, 0.3) is 0 Å². The number of benzene rings is 2. The van der Waals surface area contributed by atoms with Crippen molar-refractivity contribution in [1.82, 2.24) is 4.90 Å². The molecule has 22 heavy (non-hydrogen) atoms. The molecule has 0 N–H and O–H groups in total. The summed E-state index contributed by atoms with van der Waals surface area (Å²) in [7, 11) is 0. The Balaban J connectivity index is 2.11. The van der Waals surface area contributed by atoms with E-state index in [4.69, 9.17) is 11.6 Å². The van der Waals surface area contributed by atoms with Crippen LogP contribution in [-0.2, 0) is 16.0 Å². The van der Waals surface area contributed by atoms with Crippen LogP contribution in [0, 0.1) is 5.82 Å². The Hall–Kier alpha value is -2.20. The summed E-state index contributed by atoms with van der Waals surface area (Å²) >= 11 is 5.38. The number of amides is 1. The first-order valence-corrected chi connectivity index (χ1v) is 7.29. The maximum absolute atomic E-state index is 13.2. The SMILES string of the molecule is O=C(Cl)C(=O)N1CCc2ccccc2[C@@H]1c1ccc(F)cc1. The first-order valence-electron chi connectivity index (χ1n) is 6.91. The number of carbonyl (C=O) groups is 2. The van der Waals surface area contributed by atoms with Gasteiger partial charge in [-0.25, -0.2) is 4.39 Å². The van der Waals surface area contributed by atoms with Crippen molar-refractivity contribution in [3.63, 3.8) is 0 Å². The molecule has 0 saturated heterocycles. The van der Waals surface area contributed by atoms with Gasteiger partial charge in [-0.3, -0.25) is 9.59 Å². The Morgan fingerprint density at radius 2 is 1.77 bits per heavy atom. The smallest absolute Gasteiger partial charge is 0.310 e. The van der Waals surface area contributed by atoms with Crippen molar-refractivity contribution in [2.45, 2.75) is 12.5 Å². The highest BCUT2D eigenvalue weighted by atomic mass is 35.5. The standard InChI is InChI=1S/C17H13ClFNO2/c18-16(21)17(22)20-10-9-11-3-1-2-4-14(11)15(20)12-5-7-13(19)8-6-12/h1-8,15H,9-10H2/t15-/m0/s1. The molecule has 112 valence electrons. The molecule has 1 amide bonds. The van der Waals surface area contributed by atoms with E-state index in [1.807, 2.05) is 24.3 Å². The number of carbonyl (C=O) groups excluding carboxylic acids is 2. The van der Waals surface area contributed by atoms with Gasteiger partial charge in [0.2, 0.25) is 0 Å². The molecule has 0 aromatic heterocycles. The molecule has 1 aliphatic heterocycles. The zero-order chi connectivity index (χ0) is 15.7. The number of rotatable bonds is 2. The third-order valence-corrected chi connectivity index (χ3v) is 4.06. The van der Waals surface area contributed by atoms with Crippen LogP contribution in [0.4, 0.5) is 4.39 Å². The lowest BCUT2D eigenvalue weighted by molar-refractivity contribution is -0.142. The molecule has 3 nitrogen and oxygen atoms in total. The molecule has 0 aliphatic carbocycles. The highest BCUT2D eigenvalue weighted by Crippen LogP contribution is 2.35. The van der Waals surface area contributed by atoms with E-state index in [1.165, 1.54) is 17.0 Å². The van der Waals surface area contributed by atoms with Crippen LogP contribution in [0.25, 0.3) is 0 Å². The van der Waals surface area contributed by atoms with Crippen LogP contribution in [0.3, 0.4) is 0 Å². The Morgan fingerprint density at radius 3 is 2.45 bits per heavy atom. The summed E-state index contributed by atoms with van der Waals surface area (Å²) in [6, 6.07) is 13.2. The van der Waals surface area contributed by atoms with E-state index in [0.717, 1.165) is 16.7 Å². The molecule has 3 rings (SSSR count). The second-order valence-electron chi connectivity index (χ2n) is 5.18. The zero-order valence-electron chi connectivity index (χ0n) is 11.6. The summed E-state index contributed by atoms with van der Waals surface area (Å²) in [5, 5.41) is -1.01. The van der Waals surface area contributed by atoms with Crippen LogP contribution in [0.5, 0.6) is 0 Å². The van der Waals surface area contributed by atoms with Crippen molar-refractivity contribution >= 4 is 22.8 Å². The normalized spacial score (nSPS) is 17.0. The highest BCUT2D eigenvalue weighted by Gasteiger charge is 2.34. The molecular formula is C17H13ClFNO2. The molecule has 0 fully saturated rings. The van der Waals surface area contributed by atoms with Gasteiger partial charge in [-0.15, -0.1) is 0 Å². The fraction of sp³-hybridized carbons (Fsp3) is 0.176. The van der Waals surface area contributed by atoms with Crippen molar-refractivity contribution in [2.75, 3.05) is 6.54 Å². The van der Waals surface area contributed by atoms with Crippen LogP contribution in [0.15, 0.2) is 48.5 Å². The van der Waals surface area contributed by atoms with Crippen LogP contribution in [0.1, 0.15) is 22.7 Å². The predicted molar refractivity (Wildman–Crippen MR) is 81.0 cm³/mol. The Bertz CT molecular complexity index is 730. The maximum atomic E-state index is 13.2. The van der Waals surface area contributed by atoms with Gasteiger partial charge in [0.1, 0.15) is 5.82 Å². The maximum Gasteiger partial charge on any atom is 0.310 e. The monoisotopic (exact) mass is 317 g/mol. The average Bonchev–Trinajstić information content (AvgIpc) is 2.54. The third-order valence-electron chi connectivity index (χ3n) is 3.90. The summed E-state index contributed by atoms with van der Waals surface area (Å²) in [6.07, 6.45) is 0.657. The molecule has 1 heterocycles. The van der Waals surface area contributed by atoms with Crippen molar-refractivity contribution in [3.05, 3.63) is 71.0 Å². The van der Waals surface area contributed by atoms with Crippen molar-refractivity contribution < 1.29 is 14.0 Å². The summed E-state index contributed by atoms with van der Waals surface area (Å²) < 4.78 is 13.2. The minimum atomic E-state index is -1.01. The Labute approximate surface area is 132 Å². The largest absolute Gasteiger partial charge is 0.324 e. The molecule has 5 heteroatoms. The number of halogens is 2. The van der Waals surface area contributed by atoms with Crippen molar-refractivity contribution in [3.8, 4) is 0 Å². The minimum Gasteiger partial charge on any atom is -0.324 e. The molecule has 0 unspecified atom stereocenters. The van der Waals surface area contributed by atoms with Gasteiger partial charge in [-0.1, -0.05) is 36.4 Å². The lowest BCUT2D eigenvalue weighted by Crippen LogP contribution is -2.42. The summed E-state index contributed by atoms with van der Waals surface area (Å²) in [4.78, 5) is 24.9. The summed E-state index contributed by atoms with van der Waals surface area (Å²) in [6.45, 7) is 0.399. The van der Waals surface area contributed by atoms with E-state index in [9.17, 15) is 14.0 Å². The molecular weight excluding hydrogens is 305 g/mol. The molecule has 1 aliphatic rings. The topological polar surface area (TPSA) is 37.4 Å². The number of fused-ring (bicyclic) bond motifs is 1. The minimum absolute atomic E-state index is 0.348. The van der Waals surface area contributed by atoms with E-state index in [2.05, 4.69) is 0 Å². The molecule has 0 bridgehead atoms. The molecule has 2 aromatic rings. The lowest BCUT2D eigenvalue weighted by atomic mass is 9.88. The van der Waals surface area contributed by atoms with Crippen LogP contribution in [0.2, 0.25) is 0 Å². The highest BCUT2D eigenvalue weighted by molar-refractivity contribution is 6.80. The van der Waals surface area contributed by atoms with E-state index in [1.54, 1.807) is 12.1 Å². The zero-order valence-corrected chi connectivity index (χ0v) is 12.4. The van der Waals surface area contributed by atoms with Gasteiger partial charge in [0.15, 0.2) is 0 Å². The fourth-order valence-electron chi connectivity index (χ4n) is 2.90.